The van der Waals surface area contributed by atoms with Gasteiger partial charge in [0.1, 0.15) is 12.1 Å². The number of hydrogen-bond acceptors (Lipinski definition) is 3. The highest BCUT2D eigenvalue weighted by Gasteiger charge is 2.46. The molecule has 3 atom stereocenters. The van der Waals surface area contributed by atoms with Crippen LogP contribution in [0, 0.1) is 5.92 Å². The molecule has 2 saturated heterocycles. The number of rotatable bonds is 5. The smallest absolute Gasteiger partial charge is 0.246 e. The summed E-state index contributed by atoms with van der Waals surface area (Å²) in [5.41, 5.74) is 0. The van der Waals surface area contributed by atoms with Gasteiger partial charge >= 0.3 is 0 Å². The predicted molar refractivity (Wildman–Crippen MR) is 78.7 cm³/mol. The van der Waals surface area contributed by atoms with Gasteiger partial charge in [-0.25, -0.2) is 0 Å². The van der Waals surface area contributed by atoms with Crippen LogP contribution >= 0.6 is 0 Å². The zero-order chi connectivity index (χ0) is 14.8. The molecule has 5 nitrogen and oxygen atoms in total. The molecule has 0 aromatic carbocycles. The van der Waals surface area contributed by atoms with Gasteiger partial charge in [0.25, 0.3) is 0 Å². The van der Waals surface area contributed by atoms with Crippen LogP contribution in [0.2, 0.25) is 0 Å². The quantitative estimate of drug-likeness (QED) is 0.835. The highest BCUT2D eigenvalue weighted by Crippen LogP contribution is 2.35. The molecule has 2 heterocycles. The molecule has 2 amide bonds. The molecule has 0 aromatic heterocycles. The van der Waals surface area contributed by atoms with E-state index >= 15 is 0 Å². The number of carbonyl (C=O) groups excluding carboxylic acids is 2. The van der Waals surface area contributed by atoms with Gasteiger partial charge in [-0.2, -0.15) is 0 Å². The second-order valence-corrected chi connectivity index (χ2v) is 6.56. The summed E-state index contributed by atoms with van der Waals surface area (Å²) in [6, 6.07) is -0.566. The van der Waals surface area contributed by atoms with Crippen molar-refractivity contribution in [2.45, 2.75) is 70.1 Å². The van der Waals surface area contributed by atoms with E-state index < -0.39 is 0 Å². The number of amides is 2. The Balaban J connectivity index is 1.63. The molecule has 3 fully saturated rings. The maximum Gasteiger partial charge on any atom is 0.246 e. The third-order valence-corrected chi connectivity index (χ3v) is 4.97. The van der Waals surface area contributed by atoms with Gasteiger partial charge in [0.15, 0.2) is 0 Å². The van der Waals surface area contributed by atoms with Crippen LogP contribution in [-0.2, 0) is 14.3 Å². The van der Waals surface area contributed by atoms with Crippen LogP contribution in [0.1, 0.15) is 51.9 Å². The Bertz CT molecular complexity index is 402. The molecule has 3 unspecified atom stereocenters. The molecule has 0 aromatic rings. The second kappa shape index (κ2) is 6.34. The van der Waals surface area contributed by atoms with Crippen molar-refractivity contribution in [3.63, 3.8) is 0 Å². The van der Waals surface area contributed by atoms with Crippen molar-refractivity contribution < 1.29 is 14.3 Å². The molecule has 5 heteroatoms. The van der Waals surface area contributed by atoms with E-state index in [0.29, 0.717) is 18.9 Å². The molecular formula is C16H26N2O3. The normalized spacial score (nSPS) is 34.0. The first-order valence-corrected chi connectivity index (χ1v) is 8.43. The van der Waals surface area contributed by atoms with Crippen molar-refractivity contribution in [1.29, 1.82) is 0 Å². The molecular weight excluding hydrogens is 268 g/mol. The van der Waals surface area contributed by atoms with Crippen LogP contribution in [-0.4, -0.2) is 48.1 Å². The van der Waals surface area contributed by atoms with E-state index in [0.717, 1.165) is 38.7 Å². The van der Waals surface area contributed by atoms with E-state index in [4.69, 9.17) is 4.74 Å². The first kappa shape index (κ1) is 14.8. The summed E-state index contributed by atoms with van der Waals surface area (Å²) in [5.74, 6) is 0.519. The molecule has 1 saturated carbocycles. The maximum atomic E-state index is 12.7. The van der Waals surface area contributed by atoms with Crippen LogP contribution in [0.15, 0.2) is 0 Å². The lowest BCUT2D eigenvalue weighted by atomic mass is 10.00. The number of ether oxygens (including phenoxy) is 1. The van der Waals surface area contributed by atoms with E-state index in [1.807, 2.05) is 11.8 Å². The average Bonchev–Trinajstić information content (AvgIpc) is 3.33. The number of hydrogen-bond donors (Lipinski definition) is 1. The van der Waals surface area contributed by atoms with E-state index in [1.165, 1.54) is 6.42 Å². The van der Waals surface area contributed by atoms with Gasteiger partial charge in [-0.05, 0) is 50.9 Å². The zero-order valence-electron chi connectivity index (χ0n) is 12.8. The Morgan fingerprint density at radius 2 is 2.05 bits per heavy atom. The summed E-state index contributed by atoms with van der Waals surface area (Å²) in [6.07, 6.45) is 7.35. The summed E-state index contributed by atoms with van der Waals surface area (Å²) in [7, 11) is 0. The standard InChI is InChI=1S/C16H26N2O3/c1-2-13-15(19)17-14(11-6-7-11)16(20)18(13)9-8-12-5-3-4-10-21-12/h11-14H,2-10H2,1H3,(H,17,19). The third kappa shape index (κ3) is 3.23. The topological polar surface area (TPSA) is 58.6 Å². The molecule has 3 rings (SSSR count). The predicted octanol–water partition coefficient (Wildman–Crippen LogP) is 1.46. The van der Waals surface area contributed by atoms with Gasteiger partial charge in [0.05, 0.1) is 6.10 Å². The number of carbonyl (C=O) groups is 2. The summed E-state index contributed by atoms with van der Waals surface area (Å²) in [4.78, 5) is 26.7. The minimum Gasteiger partial charge on any atom is -0.378 e. The first-order valence-electron chi connectivity index (χ1n) is 8.43. The number of piperazine rings is 1. The van der Waals surface area contributed by atoms with Gasteiger partial charge in [-0.15, -0.1) is 0 Å². The Labute approximate surface area is 126 Å². The van der Waals surface area contributed by atoms with Crippen molar-refractivity contribution in [3.8, 4) is 0 Å². The van der Waals surface area contributed by atoms with Crippen LogP contribution < -0.4 is 5.32 Å². The lowest BCUT2D eigenvalue weighted by molar-refractivity contribution is -0.150. The van der Waals surface area contributed by atoms with E-state index in [1.54, 1.807) is 0 Å². The molecule has 0 spiro atoms. The molecule has 0 bridgehead atoms. The number of nitrogens with zero attached hydrogens (tertiary/aromatic N) is 1. The Kier molecular flexibility index (Phi) is 4.48. The molecule has 1 N–H and O–H groups in total. The molecule has 21 heavy (non-hydrogen) atoms. The minimum absolute atomic E-state index is 0.0264. The monoisotopic (exact) mass is 294 g/mol. The van der Waals surface area contributed by atoms with E-state index in [9.17, 15) is 9.59 Å². The average molecular weight is 294 g/mol. The van der Waals surface area contributed by atoms with Crippen LogP contribution in [0.25, 0.3) is 0 Å². The van der Waals surface area contributed by atoms with Gasteiger partial charge in [-0.3, -0.25) is 9.59 Å². The molecule has 3 aliphatic rings. The minimum atomic E-state index is -0.295. The fourth-order valence-corrected chi connectivity index (χ4v) is 3.52. The largest absolute Gasteiger partial charge is 0.378 e. The SMILES string of the molecule is CCC1C(=O)NC(C2CC2)C(=O)N1CCC1CCCCO1. The summed E-state index contributed by atoms with van der Waals surface area (Å²) >= 11 is 0. The highest BCUT2D eigenvalue weighted by atomic mass is 16.5. The van der Waals surface area contributed by atoms with Crippen molar-refractivity contribution in [2.24, 2.45) is 5.92 Å². The van der Waals surface area contributed by atoms with E-state index in [2.05, 4.69) is 5.32 Å². The van der Waals surface area contributed by atoms with Crippen LogP contribution in [0.3, 0.4) is 0 Å². The molecule has 0 radical (unpaired) electrons. The Morgan fingerprint density at radius 1 is 1.24 bits per heavy atom. The lowest BCUT2D eigenvalue weighted by Crippen LogP contribution is -2.64. The van der Waals surface area contributed by atoms with Gasteiger partial charge < -0.3 is 15.0 Å². The maximum absolute atomic E-state index is 12.7. The van der Waals surface area contributed by atoms with Crippen molar-refractivity contribution in [2.75, 3.05) is 13.2 Å². The summed E-state index contributed by atoms with van der Waals surface area (Å²) in [6.45, 7) is 3.46. The first-order chi connectivity index (χ1) is 10.2. The number of nitrogens with one attached hydrogen (secondary N) is 1. The molecule has 118 valence electrons. The Hall–Kier alpha value is -1.10. The fourth-order valence-electron chi connectivity index (χ4n) is 3.52. The zero-order valence-corrected chi connectivity index (χ0v) is 12.8. The Morgan fingerprint density at radius 3 is 2.67 bits per heavy atom. The molecule has 1 aliphatic carbocycles. The summed E-state index contributed by atoms with van der Waals surface area (Å²) in [5, 5.41) is 2.94. The van der Waals surface area contributed by atoms with Crippen LogP contribution in [0.5, 0.6) is 0 Å². The summed E-state index contributed by atoms with van der Waals surface area (Å²) < 4.78 is 5.75. The third-order valence-electron chi connectivity index (χ3n) is 4.97. The van der Waals surface area contributed by atoms with Crippen molar-refractivity contribution >= 4 is 11.8 Å². The highest BCUT2D eigenvalue weighted by molar-refractivity contribution is 5.97. The second-order valence-electron chi connectivity index (χ2n) is 6.56. The van der Waals surface area contributed by atoms with E-state index in [-0.39, 0.29) is 30.0 Å². The molecule has 2 aliphatic heterocycles. The fraction of sp³-hybridized carbons (Fsp3) is 0.875. The van der Waals surface area contributed by atoms with Crippen molar-refractivity contribution in [1.82, 2.24) is 10.2 Å². The van der Waals surface area contributed by atoms with Gasteiger partial charge in [0.2, 0.25) is 11.8 Å². The van der Waals surface area contributed by atoms with Gasteiger partial charge in [0, 0.05) is 13.2 Å². The van der Waals surface area contributed by atoms with Gasteiger partial charge in [-0.1, -0.05) is 6.92 Å². The lowest BCUT2D eigenvalue weighted by Gasteiger charge is -2.39. The van der Waals surface area contributed by atoms with Crippen LogP contribution in [0.4, 0.5) is 0 Å². The van der Waals surface area contributed by atoms with Crippen molar-refractivity contribution in [3.05, 3.63) is 0 Å².